The smallest absolute Gasteiger partial charge is 0.0149 e. The van der Waals surface area contributed by atoms with Gasteiger partial charge in [-0.1, -0.05) is 100 Å². The third-order valence-electron chi connectivity index (χ3n) is 5.77. The first-order valence-corrected chi connectivity index (χ1v) is 11.1. The standard InChI is InChI=1S/C28H34/c1-4-7-14-26-22(6-3)20-21-27(28(26)15-8-5-2)25-18-16-24(17-19-25)23-12-10-9-11-13-23/h9-13,16-21H,4-8,14-15H2,1-3H3. The van der Waals surface area contributed by atoms with E-state index in [1.165, 1.54) is 60.8 Å². The van der Waals surface area contributed by atoms with Crippen molar-refractivity contribution in [3.05, 3.63) is 83.4 Å². The Morgan fingerprint density at radius 2 is 1.11 bits per heavy atom. The van der Waals surface area contributed by atoms with Gasteiger partial charge in [0, 0.05) is 0 Å². The lowest BCUT2D eigenvalue weighted by molar-refractivity contribution is 0.752. The molecule has 0 radical (unpaired) electrons. The fourth-order valence-corrected chi connectivity index (χ4v) is 4.12. The molecular formula is C28H34. The van der Waals surface area contributed by atoms with E-state index < -0.39 is 0 Å². The largest absolute Gasteiger partial charge is 0.0654 e. The summed E-state index contributed by atoms with van der Waals surface area (Å²) in [5, 5.41) is 0. The molecule has 0 saturated carbocycles. The highest BCUT2D eigenvalue weighted by molar-refractivity contribution is 5.73. The summed E-state index contributed by atoms with van der Waals surface area (Å²) in [6.07, 6.45) is 8.59. The van der Waals surface area contributed by atoms with Gasteiger partial charge in [-0.2, -0.15) is 0 Å². The fourth-order valence-electron chi connectivity index (χ4n) is 4.12. The number of hydrogen-bond acceptors (Lipinski definition) is 0. The quantitative estimate of drug-likeness (QED) is 0.355. The number of aryl methyl sites for hydroxylation is 1. The molecule has 3 aromatic rings. The third kappa shape index (κ3) is 4.73. The predicted molar refractivity (Wildman–Crippen MR) is 124 cm³/mol. The monoisotopic (exact) mass is 370 g/mol. The normalized spacial score (nSPS) is 11.0. The minimum atomic E-state index is 1.13. The van der Waals surface area contributed by atoms with Gasteiger partial charge in [0.15, 0.2) is 0 Å². The molecule has 0 unspecified atom stereocenters. The highest BCUT2D eigenvalue weighted by Crippen LogP contribution is 2.33. The van der Waals surface area contributed by atoms with Gasteiger partial charge in [0.05, 0.1) is 0 Å². The van der Waals surface area contributed by atoms with E-state index in [9.17, 15) is 0 Å². The van der Waals surface area contributed by atoms with E-state index in [0.29, 0.717) is 0 Å². The van der Waals surface area contributed by atoms with E-state index in [1.807, 2.05) is 0 Å². The molecule has 0 heterocycles. The van der Waals surface area contributed by atoms with Crippen LogP contribution in [-0.2, 0) is 19.3 Å². The van der Waals surface area contributed by atoms with Crippen LogP contribution in [0.15, 0.2) is 66.7 Å². The maximum absolute atomic E-state index is 2.38. The molecule has 28 heavy (non-hydrogen) atoms. The van der Waals surface area contributed by atoms with Gasteiger partial charge in [-0.05, 0) is 71.0 Å². The zero-order valence-corrected chi connectivity index (χ0v) is 17.8. The summed E-state index contributed by atoms with van der Waals surface area (Å²) in [5.74, 6) is 0. The van der Waals surface area contributed by atoms with Crippen molar-refractivity contribution in [3.8, 4) is 22.3 Å². The molecule has 0 aliphatic carbocycles. The first-order chi connectivity index (χ1) is 13.8. The van der Waals surface area contributed by atoms with Crippen LogP contribution < -0.4 is 0 Å². The first-order valence-electron chi connectivity index (χ1n) is 11.1. The van der Waals surface area contributed by atoms with Crippen molar-refractivity contribution in [1.82, 2.24) is 0 Å². The Morgan fingerprint density at radius 1 is 0.536 bits per heavy atom. The van der Waals surface area contributed by atoms with Crippen LogP contribution >= 0.6 is 0 Å². The van der Waals surface area contributed by atoms with Gasteiger partial charge in [0.1, 0.15) is 0 Å². The summed E-state index contributed by atoms with van der Waals surface area (Å²) in [5.41, 5.74) is 10.1. The Balaban J connectivity index is 2.02. The summed E-state index contributed by atoms with van der Waals surface area (Å²) < 4.78 is 0. The van der Waals surface area contributed by atoms with Crippen LogP contribution in [-0.4, -0.2) is 0 Å². The molecule has 0 aliphatic rings. The minimum Gasteiger partial charge on any atom is -0.0654 e. The average molecular weight is 371 g/mol. The highest BCUT2D eigenvalue weighted by Gasteiger charge is 2.14. The van der Waals surface area contributed by atoms with Crippen LogP contribution in [0.4, 0.5) is 0 Å². The van der Waals surface area contributed by atoms with Crippen molar-refractivity contribution in [2.45, 2.75) is 65.7 Å². The minimum absolute atomic E-state index is 1.13. The Bertz CT molecular complexity index is 857. The van der Waals surface area contributed by atoms with Gasteiger partial charge in [-0.3, -0.25) is 0 Å². The number of rotatable bonds is 9. The number of unbranched alkanes of at least 4 members (excludes halogenated alkanes) is 2. The van der Waals surface area contributed by atoms with Crippen LogP contribution in [0.2, 0.25) is 0 Å². The molecule has 0 bridgehead atoms. The lowest BCUT2D eigenvalue weighted by atomic mass is 9.86. The molecule has 0 amide bonds. The zero-order chi connectivity index (χ0) is 19.8. The molecule has 3 rings (SSSR count). The van der Waals surface area contributed by atoms with Crippen LogP contribution in [0.5, 0.6) is 0 Å². The number of benzene rings is 3. The van der Waals surface area contributed by atoms with E-state index in [0.717, 1.165) is 6.42 Å². The highest BCUT2D eigenvalue weighted by atomic mass is 14.2. The molecule has 146 valence electrons. The predicted octanol–water partition coefficient (Wildman–Crippen LogP) is 8.27. The van der Waals surface area contributed by atoms with E-state index in [1.54, 1.807) is 16.7 Å². The lowest BCUT2D eigenvalue weighted by Crippen LogP contribution is -2.03. The second kappa shape index (κ2) is 10.3. The molecule has 0 saturated heterocycles. The average Bonchev–Trinajstić information content (AvgIpc) is 2.76. The summed E-state index contributed by atoms with van der Waals surface area (Å²) in [7, 11) is 0. The Morgan fingerprint density at radius 3 is 1.71 bits per heavy atom. The van der Waals surface area contributed by atoms with Crippen LogP contribution in [0, 0.1) is 0 Å². The maximum Gasteiger partial charge on any atom is -0.0149 e. The van der Waals surface area contributed by atoms with E-state index in [2.05, 4.69) is 87.5 Å². The molecule has 0 aromatic heterocycles. The molecule has 0 nitrogen and oxygen atoms in total. The van der Waals surface area contributed by atoms with Crippen molar-refractivity contribution in [1.29, 1.82) is 0 Å². The van der Waals surface area contributed by atoms with Gasteiger partial charge in [0.2, 0.25) is 0 Å². The van der Waals surface area contributed by atoms with Gasteiger partial charge in [0.25, 0.3) is 0 Å². The Kier molecular flexibility index (Phi) is 7.48. The number of hydrogen-bond donors (Lipinski definition) is 0. The molecule has 0 fully saturated rings. The molecule has 0 heteroatoms. The van der Waals surface area contributed by atoms with Crippen LogP contribution in [0.1, 0.15) is 63.1 Å². The van der Waals surface area contributed by atoms with Crippen molar-refractivity contribution >= 4 is 0 Å². The SMILES string of the molecule is CCCCc1c(CC)ccc(-c2ccc(-c3ccccc3)cc2)c1CCCC. The van der Waals surface area contributed by atoms with E-state index in [4.69, 9.17) is 0 Å². The van der Waals surface area contributed by atoms with Gasteiger partial charge < -0.3 is 0 Å². The summed E-state index contributed by atoms with van der Waals surface area (Å²) in [6.45, 7) is 6.88. The Labute approximate surface area is 171 Å². The lowest BCUT2D eigenvalue weighted by Gasteiger charge is -2.19. The molecule has 0 N–H and O–H groups in total. The topological polar surface area (TPSA) is 0 Å². The van der Waals surface area contributed by atoms with Gasteiger partial charge >= 0.3 is 0 Å². The molecule has 0 atom stereocenters. The maximum atomic E-state index is 2.38. The summed E-state index contributed by atoms with van der Waals surface area (Å²) >= 11 is 0. The molecule has 3 aromatic carbocycles. The molecule has 0 aliphatic heterocycles. The fraction of sp³-hybridized carbons (Fsp3) is 0.357. The van der Waals surface area contributed by atoms with Gasteiger partial charge in [-0.25, -0.2) is 0 Å². The van der Waals surface area contributed by atoms with Crippen molar-refractivity contribution in [2.24, 2.45) is 0 Å². The first kappa shape index (κ1) is 20.4. The van der Waals surface area contributed by atoms with Crippen molar-refractivity contribution in [3.63, 3.8) is 0 Å². The second-order valence-corrected chi connectivity index (χ2v) is 7.73. The van der Waals surface area contributed by atoms with Gasteiger partial charge in [-0.15, -0.1) is 0 Å². The Hall–Kier alpha value is -2.34. The van der Waals surface area contributed by atoms with Crippen molar-refractivity contribution in [2.75, 3.05) is 0 Å². The molecular weight excluding hydrogens is 336 g/mol. The van der Waals surface area contributed by atoms with E-state index >= 15 is 0 Å². The summed E-state index contributed by atoms with van der Waals surface area (Å²) in [6, 6.07) is 24.6. The zero-order valence-electron chi connectivity index (χ0n) is 17.8. The van der Waals surface area contributed by atoms with E-state index in [-0.39, 0.29) is 0 Å². The summed E-state index contributed by atoms with van der Waals surface area (Å²) in [4.78, 5) is 0. The third-order valence-corrected chi connectivity index (χ3v) is 5.77. The van der Waals surface area contributed by atoms with Crippen LogP contribution in [0.3, 0.4) is 0 Å². The molecule has 0 spiro atoms. The van der Waals surface area contributed by atoms with Crippen molar-refractivity contribution < 1.29 is 0 Å². The van der Waals surface area contributed by atoms with Crippen LogP contribution in [0.25, 0.3) is 22.3 Å². The second-order valence-electron chi connectivity index (χ2n) is 7.73.